The van der Waals surface area contributed by atoms with Gasteiger partial charge in [0.25, 0.3) is 0 Å². The van der Waals surface area contributed by atoms with Crippen molar-refractivity contribution in [2.24, 2.45) is 0 Å². The molecule has 5 nitrogen and oxygen atoms in total. The lowest BCUT2D eigenvalue weighted by Crippen LogP contribution is -2.47. The highest BCUT2D eigenvalue weighted by Gasteiger charge is 2.20. The molecule has 0 saturated heterocycles. The maximum Gasteiger partial charge on any atom is 0.237 e. The molecule has 0 bridgehead atoms. The van der Waals surface area contributed by atoms with E-state index in [0.717, 1.165) is 5.56 Å². The van der Waals surface area contributed by atoms with Crippen molar-refractivity contribution in [3.63, 3.8) is 0 Å². The number of hydrogen-bond donors (Lipinski definition) is 1. The molecule has 0 aliphatic rings. The highest BCUT2D eigenvalue weighted by molar-refractivity contribution is 5.83. The Morgan fingerprint density at radius 2 is 1.77 bits per heavy atom. The fraction of sp³-hybridized carbons (Fsp3) is 0.500. The fourth-order valence-electron chi connectivity index (χ4n) is 1.82. The van der Waals surface area contributed by atoms with Gasteiger partial charge in [-0.1, -0.05) is 12.1 Å². The van der Waals surface area contributed by atoms with Gasteiger partial charge in [0.15, 0.2) is 0 Å². The Hall–Kier alpha value is -1.95. The molecule has 22 heavy (non-hydrogen) atoms. The minimum atomic E-state index is -0.392. The molecule has 6 heteroatoms. The van der Waals surface area contributed by atoms with E-state index in [4.69, 9.17) is 0 Å². The lowest BCUT2D eigenvalue weighted by Gasteiger charge is -2.24. The van der Waals surface area contributed by atoms with Crippen LogP contribution >= 0.6 is 0 Å². The van der Waals surface area contributed by atoms with E-state index in [0.29, 0.717) is 13.0 Å². The summed E-state index contributed by atoms with van der Waals surface area (Å²) < 4.78 is 12.8. The van der Waals surface area contributed by atoms with E-state index in [1.807, 2.05) is 0 Å². The number of nitrogens with zero attached hydrogens (tertiary/aromatic N) is 2. The lowest BCUT2D eigenvalue weighted by atomic mass is 10.1. The summed E-state index contributed by atoms with van der Waals surface area (Å²) in [5, 5.41) is 2.83. The molecule has 1 rings (SSSR count). The number of halogens is 1. The second-order valence-corrected chi connectivity index (χ2v) is 5.55. The summed E-state index contributed by atoms with van der Waals surface area (Å²) in [5.74, 6) is -0.446. The molecule has 122 valence electrons. The van der Waals surface area contributed by atoms with Crippen LogP contribution in [0, 0.1) is 5.82 Å². The minimum Gasteiger partial charge on any atom is -0.354 e. The normalized spacial score (nSPS) is 12.1. The van der Waals surface area contributed by atoms with E-state index in [1.54, 1.807) is 45.1 Å². The summed E-state index contributed by atoms with van der Waals surface area (Å²) in [6, 6.07) is 5.82. The molecule has 0 radical (unpaired) electrons. The zero-order valence-electron chi connectivity index (χ0n) is 13.6. The fourth-order valence-corrected chi connectivity index (χ4v) is 1.82. The second-order valence-electron chi connectivity index (χ2n) is 5.55. The quantitative estimate of drug-likeness (QED) is 0.814. The summed E-state index contributed by atoms with van der Waals surface area (Å²) in [4.78, 5) is 26.9. The average molecular weight is 309 g/mol. The molecular formula is C16H24FN3O2. The topological polar surface area (TPSA) is 52.7 Å². The first-order valence-corrected chi connectivity index (χ1v) is 7.23. The van der Waals surface area contributed by atoms with Crippen LogP contribution in [0.25, 0.3) is 0 Å². The van der Waals surface area contributed by atoms with Crippen LogP contribution in [0.15, 0.2) is 24.3 Å². The summed E-state index contributed by atoms with van der Waals surface area (Å²) in [6.45, 7) is 2.43. The smallest absolute Gasteiger partial charge is 0.237 e. The summed E-state index contributed by atoms with van der Waals surface area (Å²) in [5.41, 5.74) is 0.963. The molecule has 1 atom stereocenters. The molecule has 0 fully saturated rings. The number of hydrogen-bond acceptors (Lipinski definition) is 3. The standard InChI is InChI=1S/C16H24FN3O2/c1-12(20(4)11-15(21)19(2)3)16(22)18-10-9-13-5-7-14(17)8-6-13/h5-8,12H,9-11H2,1-4H3,(H,18,22). The Morgan fingerprint density at radius 3 is 2.32 bits per heavy atom. The molecule has 1 aromatic rings. The number of nitrogens with one attached hydrogen (secondary N) is 1. The van der Waals surface area contributed by atoms with E-state index >= 15 is 0 Å². The van der Waals surface area contributed by atoms with Crippen molar-refractivity contribution in [3.8, 4) is 0 Å². The summed E-state index contributed by atoms with van der Waals surface area (Å²) in [7, 11) is 5.11. The third kappa shape index (κ3) is 5.81. The van der Waals surface area contributed by atoms with Gasteiger partial charge in [0, 0.05) is 20.6 Å². The van der Waals surface area contributed by atoms with Crippen LogP contribution in [0.3, 0.4) is 0 Å². The van der Waals surface area contributed by atoms with Crippen molar-refractivity contribution in [1.29, 1.82) is 0 Å². The van der Waals surface area contributed by atoms with Crippen LogP contribution in [-0.2, 0) is 16.0 Å². The van der Waals surface area contributed by atoms with Gasteiger partial charge in [0.1, 0.15) is 5.82 Å². The molecule has 1 unspecified atom stereocenters. The molecule has 0 saturated carbocycles. The van der Waals surface area contributed by atoms with Gasteiger partial charge in [-0.05, 0) is 38.1 Å². The maximum absolute atomic E-state index is 12.8. The van der Waals surface area contributed by atoms with Gasteiger partial charge in [-0.15, -0.1) is 0 Å². The second kappa shape index (κ2) is 8.48. The number of carbonyl (C=O) groups is 2. The van der Waals surface area contributed by atoms with Gasteiger partial charge < -0.3 is 10.2 Å². The van der Waals surface area contributed by atoms with Crippen molar-refractivity contribution in [3.05, 3.63) is 35.6 Å². The highest BCUT2D eigenvalue weighted by atomic mass is 19.1. The SMILES string of the molecule is CC(C(=O)NCCc1ccc(F)cc1)N(C)CC(=O)N(C)C. The third-order valence-corrected chi connectivity index (χ3v) is 3.55. The van der Waals surface area contributed by atoms with Crippen LogP contribution in [0.5, 0.6) is 0 Å². The third-order valence-electron chi connectivity index (χ3n) is 3.55. The van der Waals surface area contributed by atoms with E-state index in [1.165, 1.54) is 17.0 Å². The van der Waals surface area contributed by atoms with Crippen molar-refractivity contribution >= 4 is 11.8 Å². The van der Waals surface area contributed by atoms with E-state index in [9.17, 15) is 14.0 Å². The first-order valence-electron chi connectivity index (χ1n) is 7.23. The minimum absolute atomic E-state index is 0.0477. The molecule has 0 aliphatic heterocycles. The Balaban J connectivity index is 2.37. The molecule has 2 amide bonds. The number of benzene rings is 1. The number of rotatable bonds is 7. The van der Waals surface area contributed by atoms with Crippen molar-refractivity contribution < 1.29 is 14.0 Å². The summed E-state index contributed by atoms with van der Waals surface area (Å²) in [6.07, 6.45) is 0.638. The molecule has 1 aromatic carbocycles. The Kier molecular flexibility index (Phi) is 6.98. The van der Waals surface area contributed by atoms with Crippen LogP contribution in [0.4, 0.5) is 4.39 Å². The van der Waals surface area contributed by atoms with Crippen LogP contribution in [0.1, 0.15) is 12.5 Å². The zero-order valence-corrected chi connectivity index (χ0v) is 13.6. The number of likely N-dealkylation sites (N-methyl/N-ethyl adjacent to an activating group) is 2. The van der Waals surface area contributed by atoms with Crippen molar-refractivity contribution in [2.75, 3.05) is 34.2 Å². The monoisotopic (exact) mass is 309 g/mol. The molecule has 1 N–H and O–H groups in total. The predicted molar refractivity (Wildman–Crippen MR) is 83.9 cm³/mol. The van der Waals surface area contributed by atoms with Crippen LogP contribution in [0.2, 0.25) is 0 Å². The lowest BCUT2D eigenvalue weighted by molar-refractivity contribution is -0.132. The van der Waals surface area contributed by atoms with E-state index in [2.05, 4.69) is 5.32 Å². The maximum atomic E-state index is 12.8. The average Bonchev–Trinajstić information content (AvgIpc) is 2.48. The van der Waals surface area contributed by atoms with Gasteiger partial charge >= 0.3 is 0 Å². The number of carbonyl (C=O) groups excluding carboxylic acids is 2. The van der Waals surface area contributed by atoms with E-state index < -0.39 is 6.04 Å². The van der Waals surface area contributed by atoms with Gasteiger partial charge in [-0.25, -0.2) is 4.39 Å². The Bertz CT molecular complexity index is 503. The van der Waals surface area contributed by atoms with Crippen LogP contribution < -0.4 is 5.32 Å². The van der Waals surface area contributed by atoms with Crippen molar-refractivity contribution in [2.45, 2.75) is 19.4 Å². The van der Waals surface area contributed by atoms with Crippen molar-refractivity contribution in [1.82, 2.24) is 15.1 Å². The van der Waals surface area contributed by atoms with Gasteiger partial charge in [-0.3, -0.25) is 14.5 Å². The Labute approximate surface area is 131 Å². The largest absolute Gasteiger partial charge is 0.354 e. The Morgan fingerprint density at radius 1 is 1.18 bits per heavy atom. The first-order chi connectivity index (χ1) is 10.3. The van der Waals surface area contributed by atoms with Gasteiger partial charge in [0.05, 0.1) is 12.6 Å². The molecule has 0 aliphatic carbocycles. The number of amides is 2. The first kappa shape index (κ1) is 18.1. The summed E-state index contributed by atoms with van der Waals surface area (Å²) >= 11 is 0. The highest BCUT2D eigenvalue weighted by Crippen LogP contribution is 2.03. The van der Waals surface area contributed by atoms with Gasteiger partial charge in [0.2, 0.25) is 11.8 Å². The predicted octanol–water partition coefficient (Wildman–Crippen LogP) is 0.893. The molecule has 0 heterocycles. The van der Waals surface area contributed by atoms with Gasteiger partial charge in [-0.2, -0.15) is 0 Å². The molecule has 0 aromatic heterocycles. The zero-order chi connectivity index (χ0) is 16.7. The molecule has 0 spiro atoms. The van der Waals surface area contributed by atoms with E-state index in [-0.39, 0.29) is 24.2 Å². The molecular weight excluding hydrogens is 285 g/mol. The van der Waals surface area contributed by atoms with Crippen LogP contribution in [-0.4, -0.2) is 61.9 Å².